The van der Waals surface area contributed by atoms with Crippen molar-refractivity contribution >= 4 is 11.7 Å². The van der Waals surface area contributed by atoms with Crippen LogP contribution in [-0.2, 0) is 9.59 Å². The molecule has 1 aromatic carbocycles. The van der Waals surface area contributed by atoms with E-state index in [1.807, 2.05) is 0 Å². The van der Waals surface area contributed by atoms with Gasteiger partial charge in [0.2, 0.25) is 5.91 Å². The summed E-state index contributed by atoms with van der Waals surface area (Å²) in [6, 6.07) is 3.08. The molecule has 0 aliphatic heterocycles. The number of amides is 1. The Hall–Kier alpha value is -1.78. The number of carbonyl (C=O) groups is 2. The predicted octanol–water partition coefficient (Wildman–Crippen LogP) is 1.12. The summed E-state index contributed by atoms with van der Waals surface area (Å²) in [5, 5.41) is 0. The highest BCUT2D eigenvalue weighted by molar-refractivity contribution is 6.05. The van der Waals surface area contributed by atoms with E-state index in [1.165, 1.54) is 0 Å². The van der Waals surface area contributed by atoms with Gasteiger partial charge in [0.05, 0.1) is 0 Å². The number of primary amides is 1. The van der Waals surface area contributed by atoms with E-state index in [4.69, 9.17) is 5.73 Å². The number of nitrogens with two attached hydrogens (primary N) is 1. The average Bonchev–Trinajstić information content (AvgIpc) is 2.09. The lowest BCUT2D eigenvalue weighted by Crippen LogP contribution is -2.28. The zero-order valence-corrected chi connectivity index (χ0v) is 7.96. The van der Waals surface area contributed by atoms with Crippen LogP contribution in [0.5, 0.6) is 0 Å². The van der Waals surface area contributed by atoms with Crippen molar-refractivity contribution in [2.24, 2.45) is 5.73 Å². The van der Waals surface area contributed by atoms with E-state index in [-0.39, 0.29) is 0 Å². The lowest BCUT2D eigenvalue weighted by Gasteiger charge is -2.11. The fourth-order valence-corrected chi connectivity index (χ4v) is 1.33. The first kappa shape index (κ1) is 11.3. The monoisotopic (exact) mass is 213 g/mol. The minimum absolute atomic E-state index is 0.586. The van der Waals surface area contributed by atoms with Gasteiger partial charge >= 0.3 is 0 Å². The fraction of sp³-hybridized carbons (Fsp3) is 0.200. The van der Waals surface area contributed by atoms with Gasteiger partial charge in [0.25, 0.3) is 0 Å². The number of hydrogen-bond acceptors (Lipinski definition) is 2. The third kappa shape index (κ3) is 2.18. The fourth-order valence-electron chi connectivity index (χ4n) is 1.33. The van der Waals surface area contributed by atoms with Gasteiger partial charge in [0.1, 0.15) is 23.3 Å². The molecule has 1 amide bonds. The molecule has 1 unspecified atom stereocenters. The first-order valence-corrected chi connectivity index (χ1v) is 4.18. The Morgan fingerprint density at radius 1 is 1.27 bits per heavy atom. The topological polar surface area (TPSA) is 60.2 Å². The SMILES string of the molecule is CC(=O)C(C(N)=O)c1c(F)cccc1F. The molecule has 15 heavy (non-hydrogen) atoms. The maximum atomic E-state index is 13.2. The molecular weight excluding hydrogens is 204 g/mol. The number of ketones is 1. The molecule has 0 radical (unpaired) electrons. The Morgan fingerprint density at radius 3 is 2.07 bits per heavy atom. The number of hydrogen-bond donors (Lipinski definition) is 1. The first-order chi connectivity index (χ1) is 6.95. The molecule has 0 bridgehead atoms. The van der Waals surface area contributed by atoms with Gasteiger partial charge in [-0.1, -0.05) is 6.07 Å². The van der Waals surface area contributed by atoms with E-state index < -0.39 is 34.8 Å². The highest BCUT2D eigenvalue weighted by Gasteiger charge is 2.28. The maximum absolute atomic E-state index is 13.2. The average molecular weight is 213 g/mol. The Balaban J connectivity index is 3.35. The standard InChI is InChI=1S/C10H9F2NO2/c1-5(14)8(10(13)15)9-6(11)3-2-4-7(9)12/h2-4,8H,1H3,(H2,13,15). The van der Waals surface area contributed by atoms with E-state index in [1.54, 1.807) is 0 Å². The van der Waals surface area contributed by atoms with Gasteiger partial charge in [-0.05, 0) is 19.1 Å². The predicted molar refractivity (Wildman–Crippen MR) is 49.0 cm³/mol. The molecule has 80 valence electrons. The van der Waals surface area contributed by atoms with Crippen molar-refractivity contribution in [3.8, 4) is 0 Å². The van der Waals surface area contributed by atoms with Crippen molar-refractivity contribution < 1.29 is 18.4 Å². The van der Waals surface area contributed by atoms with Crippen LogP contribution in [0.2, 0.25) is 0 Å². The first-order valence-electron chi connectivity index (χ1n) is 4.18. The molecule has 0 spiro atoms. The Morgan fingerprint density at radius 2 is 1.73 bits per heavy atom. The zero-order valence-electron chi connectivity index (χ0n) is 7.96. The summed E-state index contributed by atoms with van der Waals surface area (Å²) in [5.74, 6) is -5.22. The smallest absolute Gasteiger partial charge is 0.232 e. The molecule has 3 nitrogen and oxygen atoms in total. The molecule has 0 aliphatic carbocycles. The molecule has 0 aliphatic rings. The third-order valence-electron chi connectivity index (χ3n) is 1.98. The van der Waals surface area contributed by atoms with E-state index in [0.717, 1.165) is 25.1 Å². The summed E-state index contributed by atoms with van der Waals surface area (Å²) in [6.45, 7) is 1.06. The summed E-state index contributed by atoms with van der Waals surface area (Å²) >= 11 is 0. The number of carbonyl (C=O) groups excluding carboxylic acids is 2. The second-order valence-corrected chi connectivity index (χ2v) is 3.08. The molecule has 2 N–H and O–H groups in total. The van der Waals surface area contributed by atoms with E-state index >= 15 is 0 Å². The van der Waals surface area contributed by atoms with Gasteiger partial charge in [-0.15, -0.1) is 0 Å². The Bertz CT molecular complexity index is 384. The molecule has 5 heteroatoms. The van der Waals surface area contributed by atoms with Gasteiger partial charge in [0, 0.05) is 5.56 Å². The lowest BCUT2D eigenvalue weighted by molar-refractivity contribution is -0.127. The van der Waals surface area contributed by atoms with Crippen LogP contribution >= 0.6 is 0 Å². The summed E-state index contributed by atoms with van der Waals surface area (Å²) in [5.41, 5.74) is 4.33. The van der Waals surface area contributed by atoms with Crippen LogP contribution in [0.4, 0.5) is 8.78 Å². The zero-order chi connectivity index (χ0) is 11.6. The van der Waals surface area contributed by atoms with Gasteiger partial charge in [-0.2, -0.15) is 0 Å². The summed E-state index contributed by atoms with van der Waals surface area (Å²) < 4.78 is 26.4. The number of rotatable bonds is 3. The number of halogens is 2. The Kier molecular flexibility index (Phi) is 3.14. The molecule has 1 aromatic rings. The molecular formula is C10H9F2NO2. The second-order valence-electron chi connectivity index (χ2n) is 3.08. The number of Topliss-reactive ketones (excluding diaryl/α,β-unsaturated/α-hetero) is 1. The molecule has 1 atom stereocenters. The summed E-state index contributed by atoms with van der Waals surface area (Å²) in [4.78, 5) is 22.0. The van der Waals surface area contributed by atoms with Crippen LogP contribution in [0.15, 0.2) is 18.2 Å². The van der Waals surface area contributed by atoms with Crippen molar-refractivity contribution in [1.29, 1.82) is 0 Å². The summed E-state index contributed by atoms with van der Waals surface area (Å²) in [6.07, 6.45) is 0. The minimum Gasteiger partial charge on any atom is -0.369 e. The summed E-state index contributed by atoms with van der Waals surface area (Å²) in [7, 11) is 0. The lowest BCUT2D eigenvalue weighted by atomic mass is 9.94. The van der Waals surface area contributed by atoms with Gasteiger partial charge in [-0.3, -0.25) is 9.59 Å². The maximum Gasteiger partial charge on any atom is 0.232 e. The molecule has 0 heterocycles. The van der Waals surface area contributed by atoms with E-state index in [9.17, 15) is 18.4 Å². The van der Waals surface area contributed by atoms with E-state index in [2.05, 4.69) is 0 Å². The molecule has 0 saturated heterocycles. The Labute approximate surface area is 84.9 Å². The van der Waals surface area contributed by atoms with Gasteiger partial charge < -0.3 is 5.73 Å². The van der Waals surface area contributed by atoms with Crippen molar-refractivity contribution in [3.63, 3.8) is 0 Å². The molecule has 0 fully saturated rings. The molecule has 0 saturated carbocycles. The molecule has 0 aromatic heterocycles. The van der Waals surface area contributed by atoms with Gasteiger partial charge in [0.15, 0.2) is 0 Å². The van der Waals surface area contributed by atoms with Crippen molar-refractivity contribution in [2.75, 3.05) is 0 Å². The van der Waals surface area contributed by atoms with Crippen LogP contribution in [0.3, 0.4) is 0 Å². The highest BCUT2D eigenvalue weighted by Crippen LogP contribution is 2.23. The van der Waals surface area contributed by atoms with Gasteiger partial charge in [-0.25, -0.2) is 8.78 Å². The third-order valence-corrected chi connectivity index (χ3v) is 1.98. The minimum atomic E-state index is -1.56. The largest absolute Gasteiger partial charge is 0.369 e. The number of benzene rings is 1. The van der Waals surface area contributed by atoms with Crippen LogP contribution in [0, 0.1) is 11.6 Å². The van der Waals surface area contributed by atoms with Crippen LogP contribution < -0.4 is 5.73 Å². The van der Waals surface area contributed by atoms with Crippen LogP contribution in [-0.4, -0.2) is 11.7 Å². The van der Waals surface area contributed by atoms with E-state index in [0.29, 0.717) is 0 Å². The quantitative estimate of drug-likeness (QED) is 0.765. The molecule has 1 rings (SSSR count). The van der Waals surface area contributed by atoms with Crippen molar-refractivity contribution in [3.05, 3.63) is 35.4 Å². The normalized spacial score (nSPS) is 12.2. The van der Waals surface area contributed by atoms with Crippen molar-refractivity contribution in [2.45, 2.75) is 12.8 Å². The highest BCUT2D eigenvalue weighted by atomic mass is 19.1. The van der Waals surface area contributed by atoms with Crippen LogP contribution in [0.1, 0.15) is 18.4 Å². The van der Waals surface area contributed by atoms with Crippen LogP contribution in [0.25, 0.3) is 0 Å². The van der Waals surface area contributed by atoms with Crippen molar-refractivity contribution in [1.82, 2.24) is 0 Å². The second kappa shape index (κ2) is 4.16.